The predicted octanol–water partition coefficient (Wildman–Crippen LogP) is 1.41. The fourth-order valence-electron chi connectivity index (χ4n) is 2.45. The normalized spacial score (nSPS) is 10.9. The third-order valence-corrected chi connectivity index (χ3v) is 4.17. The smallest absolute Gasteiger partial charge is 0.119 e. The summed E-state index contributed by atoms with van der Waals surface area (Å²) in [6.07, 6.45) is 5.07. The zero-order valence-corrected chi connectivity index (χ0v) is 20.7. The highest BCUT2D eigenvalue weighted by Crippen LogP contribution is 2.12. The molecule has 1 aromatic carbocycles. The minimum atomic E-state index is 0.310. The van der Waals surface area contributed by atoms with Crippen LogP contribution in [0.5, 0.6) is 5.75 Å². The average Bonchev–Trinajstić information content (AvgIpc) is 2.87. The molecule has 0 saturated carbocycles. The van der Waals surface area contributed by atoms with Crippen LogP contribution in [0.3, 0.4) is 0 Å². The van der Waals surface area contributed by atoms with E-state index < -0.39 is 0 Å². The van der Waals surface area contributed by atoms with Gasteiger partial charge in [0.1, 0.15) is 19.0 Å². The Bertz CT molecular complexity index is 610. The van der Waals surface area contributed by atoms with Crippen LogP contribution in [0, 0.1) is 12.3 Å². The molecule has 0 aliphatic rings. The minimum absolute atomic E-state index is 0.310. The first-order chi connectivity index (χ1) is 17.3. The Balaban J connectivity index is 1.66. The lowest BCUT2D eigenvalue weighted by Gasteiger charge is -2.09. The molecule has 0 fully saturated rings. The number of benzene rings is 1. The van der Waals surface area contributed by atoms with Crippen LogP contribution in [0.2, 0.25) is 0 Å². The highest BCUT2D eigenvalue weighted by molar-refractivity contribution is 5.41. The van der Waals surface area contributed by atoms with Crippen LogP contribution in [0.1, 0.15) is 0 Å². The average molecular weight is 500 g/mol. The van der Waals surface area contributed by atoms with Gasteiger partial charge in [-0.1, -0.05) is 5.92 Å². The predicted molar refractivity (Wildman–Crippen MR) is 132 cm³/mol. The SMILES string of the molecule is C#CCOCCOCCOCCOCCOCCOCCOCCOCCOc1ccc(N)cc1. The van der Waals surface area contributed by atoms with Crippen molar-refractivity contribution in [3.63, 3.8) is 0 Å². The fourth-order valence-corrected chi connectivity index (χ4v) is 2.45. The molecule has 0 bridgehead atoms. The van der Waals surface area contributed by atoms with Crippen molar-refractivity contribution < 1.29 is 42.6 Å². The van der Waals surface area contributed by atoms with Crippen molar-refractivity contribution in [1.29, 1.82) is 0 Å². The number of hydrogen-bond acceptors (Lipinski definition) is 10. The molecule has 0 spiro atoms. The molecule has 200 valence electrons. The highest BCUT2D eigenvalue weighted by Gasteiger charge is 1.96. The zero-order valence-electron chi connectivity index (χ0n) is 20.7. The van der Waals surface area contributed by atoms with E-state index in [0.29, 0.717) is 118 Å². The number of terminal acetylenes is 1. The topological polar surface area (TPSA) is 109 Å². The number of hydrogen-bond donors (Lipinski definition) is 1. The second-order valence-electron chi connectivity index (χ2n) is 6.96. The van der Waals surface area contributed by atoms with Gasteiger partial charge < -0.3 is 48.4 Å². The Hall–Kier alpha value is -1.94. The molecule has 0 unspecified atom stereocenters. The number of rotatable bonds is 26. The molecule has 0 aromatic heterocycles. The van der Waals surface area contributed by atoms with Gasteiger partial charge in [-0.25, -0.2) is 0 Å². The number of ether oxygens (including phenoxy) is 9. The number of nitrogens with two attached hydrogens (primary N) is 1. The summed E-state index contributed by atoms with van der Waals surface area (Å²) in [5.74, 6) is 3.17. The fraction of sp³-hybridized carbons (Fsp3) is 0.680. The molecule has 1 rings (SSSR count). The van der Waals surface area contributed by atoms with Crippen LogP contribution in [-0.4, -0.2) is 112 Å². The van der Waals surface area contributed by atoms with E-state index in [2.05, 4.69) is 5.92 Å². The molecular formula is C25H41NO9. The van der Waals surface area contributed by atoms with Crippen LogP contribution >= 0.6 is 0 Å². The van der Waals surface area contributed by atoms with E-state index in [9.17, 15) is 0 Å². The summed E-state index contributed by atoms with van der Waals surface area (Å²) >= 11 is 0. The van der Waals surface area contributed by atoms with Gasteiger partial charge in [0.25, 0.3) is 0 Å². The lowest BCUT2D eigenvalue weighted by molar-refractivity contribution is -0.0230. The Morgan fingerprint density at radius 2 is 0.800 bits per heavy atom. The van der Waals surface area contributed by atoms with E-state index in [1.54, 1.807) is 12.1 Å². The van der Waals surface area contributed by atoms with Crippen molar-refractivity contribution in [3.05, 3.63) is 24.3 Å². The van der Waals surface area contributed by atoms with Crippen LogP contribution in [0.25, 0.3) is 0 Å². The second kappa shape index (κ2) is 25.2. The van der Waals surface area contributed by atoms with Gasteiger partial charge in [-0.3, -0.25) is 0 Å². The van der Waals surface area contributed by atoms with E-state index in [1.807, 2.05) is 12.1 Å². The summed E-state index contributed by atoms with van der Waals surface area (Å²) in [7, 11) is 0. The van der Waals surface area contributed by atoms with E-state index in [1.165, 1.54) is 0 Å². The van der Waals surface area contributed by atoms with Gasteiger partial charge >= 0.3 is 0 Å². The number of anilines is 1. The molecule has 1 aromatic rings. The van der Waals surface area contributed by atoms with Gasteiger partial charge in [0.05, 0.1) is 99.1 Å². The molecule has 2 N–H and O–H groups in total. The molecule has 0 aliphatic carbocycles. The Labute approximate surface area is 209 Å². The van der Waals surface area contributed by atoms with E-state index in [4.69, 9.17) is 54.8 Å². The molecule has 0 radical (unpaired) electrons. The van der Waals surface area contributed by atoms with Crippen molar-refractivity contribution in [3.8, 4) is 18.1 Å². The maximum absolute atomic E-state index is 5.62. The van der Waals surface area contributed by atoms with Gasteiger partial charge in [0.2, 0.25) is 0 Å². The highest BCUT2D eigenvalue weighted by atomic mass is 16.6. The lowest BCUT2D eigenvalue weighted by Crippen LogP contribution is -2.15. The van der Waals surface area contributed by atoms with E-state index in [-0.39, 0.29) is 0 Å². The van der Waals surface area contributed by atoms with Crippen LogP contribution in [0.15, 0.2) is 24.3 Å². The molecule has 0 heterocycles. The first kappa shape index (κ1) is 31.1. The quantitative estimate of drug-likeness (QED) is 0.114. The number of nitrogen functional groups attached to an aromatic ring is 1. The summed E-state index contributed by atoms with van der Waals surface area (Å²) in [5, 5.41) is 0. The molecule has 10 nitrogen and oxygen atoms in total. The first-order valence-electron chi connectivity index (χ1n) is 11.9. The molecule has 0 atom stereocenters. The molecular weight excluding hydrogens is 458 g/mol. The summed E-state index contributed by atoms with van der Waals surface area (Å²) in [4.78, 5) is 0. The monoisotopic (exact) mass is 499 g/mol. The van der Waals surface area contributed by atoms with Gasteiger partial charge in [0.15, 0.2) is 0 Å². The maximum Gasteiger partial charge on any atom is 0.119 e. The second-order valence-corrected chi connectivity index (χ2v) is 6.96. The zero-order chi connectivity index (χ0) is 25.1. The summed E-state index contributed by atoms with van der Waals surface area (Å²) in [6, 6.07) is 7.26. The molecule has 0 saturated heterocycles. The summed E-state index contributed by atoms with van der Waals surface area (Å²) in [6.45, 7) is 8.46. The Kier molecular flexibility index (Phi) is 22.4. The van der Waals surface area contributed by atoms with Gasteiger partial charge in [0, 0.05) is 5.69 Å². The minimum Gasteiger partial charge on any atom is -0.491 e. The molecule has 10 heteroatoms. The Morgan fingerprint density at radius 1 is 0.486 bits per heavy atom. The lowest BCUT2D eigenvalue weighted by atomic mass is 10.3. The van der Waals surface area contributed by atoms with Gasteiger partial charge in [-0.15, -0.1) is 6.42 Å². The van der Waals surface area contributed by atoms with Crippen LogP contribution in [-0.2, 0) is 37.9 Å². The van der Waals surface area contributed by atoms with E-state index >= 15 is 0 Å². The molecule has 35 heavy (non-hydrogen) atoms. The largest absolute Gasteiger partial charge is 0.491 e. The summed E-state index contributed by atoms with van der Waals surface area (Å²) in [5.41, 5.74) is 6.34. The Morgan fingerprint density at radius 3 is 1.14 bits per heavy atom. The van der Waals surface area contributed by atoms with Crippen LogP contribution in [0.4, 0.5) is 5.69 Å². The van der Waals surface area contributed by atoms with E-state index in [0.717, 1.165) is 5.75 Å². The summed E-state index contributed by atoms with van der Waals surface area (Å²) < 4.78 is 48.5. The third kappa shape index (κ3) is 22.3. The first-order valence-corrected chi connectivity index (χ1v) is 11.9. The van der Waals surface area contributed by atoms with Gasteiger partial charge in [-0.05, 0) is 24.3 Å². The third-order valence-electron chi connectivity index (χ3n) is 4.17. The van der Waals surface area contributed by atoms with Crippen molar-refractivity contribution in [2.45, 2.75) is 0 Å². The maximum atomic E-state index is 5.62. The van der Waals surface area contributed by atoms with Crippen LogP contribution < -0.4 is 10.5 Å². The van der Waals surface area contributed by atoms with Crippen molar-refractivity contribution >= 4 is 5.69 Å². The van der Waals surface area contributed by atoms with Crippen molar-refractivity contribution in [1.82, 2.24) is 0 Å². The standard InChI is InChI=1S/C25H41NO9/c1-2-7-27-8-9-28-10-11-29-12-13-30-14-15-31-16-17-32-18-19-33-20-21-34-22-23-35-25-5-3-24(26)4-6-25/h1,3-6H,7-23,26H2. The van der Waals surface area contributed by atoms with Crippen molar-refractivity contribution in [2.75, 3.05) is 118 Å². The molecule has 0 amide bonds. The van der Waals surface area contributed by atoms with Gasteiger partial charge in [-0.2, -0.15) is 0 Å². The molecule has 0 aliphatic heterocycles. The van der Waals surface area contributed by atoms with Crippen molar-refractivity contribution in [2.24, 2.45) is 0 Å².